The smallest absolute Gasteiger partial charge is 0.339 e. The molecule has 0 bridgehead atoms. The molecular weight excluding hydrogens is 476 g/mol. The summed E-state index contributed by atoms with van der Waals surface area (Å²) in [4.78, 5) is 17.0. The summed E-state index contributed by atoms with van der Waals surface area (Å²) < 4.78 is 81.4. The van der Waals surface area contributed by atoms with Crippen LogP contribution in [0.3, 0.4) is 0 Å². The lowest BCUT2D eigenvalue weighted by Crippen LogP contribution is -2.32. The maximum atomic E-state index is 13.5. The van der Waals surface area contributed by atoms with Crippen LogP contribution >= 0.6 is 0 Å². The van der Waals surface area contributed by atoms with Crippen LogP contribution in [-0.2, 0) is 28.0 Å². The second-order valence-electron chi connectivity index (χ2n) is 8.03. The minimum absolute atomic E-state index is 0.0660. The molecule has 0 radical (unpaired) electrons. The molecule has 1 N–H and O–H groups in total. The van der Waals surface area contributed by atoms with Crippen LogP contribution in [0, 0.1) is 11.7 Å². The van der Waals surface area contributed by atoms with E-state index in [2.05, 4.69) is 10.3 Å². The highest BCUT2D eigenvalue weighted by molar-refractivity contribution is 7.89. The van der Waals surface area contributed by atoms with E-state index in [9.17, 15) is 30.8 Å². The van der Waals surface area contributed by atoms with E-state index in [1.807, 2.05) is 0 Å². The molecule has 12 heteroatoms. The van der Waals surface area contributed by atoms with Crippen LogP contribution < -0.4 is 5.32 Å². The molecule has 2 heterocycles. The third-order valence-electron chi connectivity index (χ3n) is 5.66. The van der Waals surface area contributed by atoms with Gasteiger partial charge in [-0.1, -0.05) is 18.2 Å². The molecule has 1 aliphatic rings. The lowest BCUT2D eigenvalue weighted by Gasteiger charge is -2.19. The van der Waals surface area contributed by atoms with Gasteiger partial charge < -0.3 is 9.88 Å². The van der Waals surface area contributed by atoms with Crippen LogP contribution in [-0.4, -0.2) is 41.3 Å². The number of hydrogen-bond donors (Lipinski definition) is 1. The summed E-state index contributed by atoms with van der Waals surface area (Å²) in [6, 6.07) is 9.50. The summed E-state index contributed by atoms with van der Waals surface area (Å²) in [5.74, 6) is -2.72. The predicted octanol–water partition coefficient (Wildman–Crippen LogP) is 3.62. The number of halogens is 4. The molecule has 0 spiro atoms. The molecule has 0 unspecified atom stereocenters. The van der Waals surface area contributed by atoms with E-state index in [0.29, 0.717) is 5.56 Å². The topological polar surface area (TPSA) is 84.3 Å². The van der Waals surface area contributed by atoms with Crippen molar-refractivity contribution < 1.29 is 30.8 Å². The Labute approximate surface area is 193 Å². The van der Waals surface area contributed by atoms with E-state index in [-0.39, 0.29) is 23.8 Å². The molecule has 0 saturated carbocycles. The Morgan fingerprint density at radius 3 is 2.44 bits per heavy atom. The maximum Gasteiger partial charge on any atom is 0.416 e. The van der Waals surface area contributed by atoms with E-state index in [1.54, 1.807) is 7.05 Å². The molecule has 2 atom stereocenters. The number of aromatic nitrogens is 2. The van der Waals surface area contributed by atoms with Gasteiger partial charge in [0, 0.05) is 37.9 Å². The molecule has 7 nitrogen and oxygen atoms in total. The van der Waals surface area contributed by atoms with E-state index in [1.165, 1.54) is 53.5 Å². The standard InChI is InChI=1S/C22H20F4N4O3S/c1-29-12-20(27-13-29)34(32,33)30-10-18(14-5-7-16(23)8-6-14)19(11-30)21(31)28-17-4-2-3-15(9-17)22(24,25)26/h2-9,12-13,18-19H,10-11H2,1H3,(H,28,31)/t18-,19+/m1/s1. The Bertz CT molecular complexity index is 1310. The van der Waals surface area contributed by atoms with Crippen LogP contribution in [0.25, 0.3) is 0 Å². The molecule has 1 fully saturated rings. The summed E-state index contributed by atoms with van der Waals surface area (Å²) in [7, 11) is -2.42. The number of aryl methyl sites for hydroxylation is 1. The molecule has 180 valence electrons. The molecule has 1 aromatic heterocycles. The molecular formula is C22H20F4N4O3S. The van der Waals surface area contributed by atoms with Crippen LogP contribution in [0.2, 0.25) is 0 Å². The molecule has 4 rings (SSSR count). The van der Waals surface area contributed by atoms with Gasteiger partial charge in [0.1, 0.15) is 5.82 Å². The number of anilines is 1. The van der Waals surface area contributed by atoms with Gasteiger partial charge in [-0.25, -0.2) is 17.8 Å². The molecule has 2 aromatic carbocycles. The molecule has 0 aliphatic carbocycles. The zero-order valence-electron chi connectivity index (χ0n) is 17.8. The summed E-state index contributed by atoms with van der Waals surface area (Å²) in [6.45, 7) is -0.295. The first kappa shape index (κ1) is 23.9. The quantitative estimate of drug-likeness (QED) is 0.547. The fourth-order valence-corrected chi connectivity index (χ4v) is 5.40. The number of benzene rings is 2. The number of nitrogens with zero attached hydrogens (tertiary/aromatic N) is 3. The predicted molar refractivity (Wildman–Crippen MR) is 115 cm³/mol. The van der Waals surface area contributed by atoms with Crippen molar-refractivity contribution in [3.63, 3.8) is 0 Å². The first-order chi connectivity index (χ1) is 15.9. The van der Waals surface area contributed by atoms with Gasteiger partial charge in [0.2, 0.25) is 5.91 Å². The molecule has 1 amide bonds. The number of amides is 1. The maximum absolute atomic E-state index is 13.5. The van der Waals surface area contributed by atoms with Crippen LogP contribution in [0.4, 0.5) is 23.2 Å². The van der Waals surface area contributed by atoms with E-state index in [4.69, 9.17) is 0 Å². The number of nitrogens with one attached hydrogen (secondary N) is 1. The Morgan fingerprint density at radius 2 is 1.82 bits per heavy atom. The Kier molecular flexibility index (Phi) is 6.21. The van der Waals surface area contributed by atoms with Crippen molar-refractivity contribution >= 4 is 21.6 Å². The van der Waals surface area contributed by atoms with E-state index < -0.39 is 45.3 Å². The Morgan fingerprint density at radius 1 is 1.12 bits per heavy atom. The fraction of sp³-hybridized carbons (Fsp3) is 0.273. The summed E-state index contributed by atoms with van der Waals surface area (Å²) in [5, 5.41) is 2.28. The van der Waals surface area contributed by atoms with Crippen LogP contribution in [0.1, 0.15) is 17.0 Å². The van der Waals surface area contributed by atoms with Crippen molar-refractivity contribution in [3.05, 3.63) is 78.0 Å². The first-order valence-electron chi connectivity index (χ1n) is 10.2. The first-order valence-corrected chi connectivity index (χ1v) is 11.6. The van der Waals surface area contributed by atoms with Crippen LogP contribution in [0.5, 0.6) is 0 Å². The van der Waals surface area contributed by atoms with Crippen molar-refractivity contribution in [3.8, 4) is 0 Å². The van der Waals surface area contributed by atoms with Crippen molar-refractivity contribution in [1.82, 2.24) is 13.9 Å². The Balaban J connectivity index is 1.64. The number of hydrogen-bond acceptors (Lipinski definition) is 4. The number of alkyl halides is 3. The van der Waals surface area contributed by atoms with Gasteiger partial charge in [0.05, 0.1) is 17.8 Å². The van der Waals surface area contributed by atoms with Crippen molar-refractivity contribution in [2.24, 2.45) is 13.0 Å². The molecule has 1 aliphatic heterocycles. The molecule has 1 saturated heterocycles. The highest BCUT2D eigenvalue weighted by Crippen LogP contribution is 2.37. The minimum atomic E-state index is -4.59. The average Bonchev–Trinajstić information content (AvgIpc) is 3.41. The van der Waals surface area contributed by atoms with Crippen molar-refractivity contribution in [1.29, 1.82) is 0 Å². The van der Waals surface area contributed by atoms with Crippen LogP contribution in [0.15, 0.2) is 66.1 Å². The monoisotopic (exact) mass is 496 g/mol. The number of imidazole rings is 1. The fourth-order valence-electron chi connectivity index (χ4n) is 3.94. The lowest BCUT2D eigenvalue weighted by molar-refractivity contribution is -0.137. The second kappa shape index (κ2) is 8.84. The van der Waals surface area contributed by atoms with Gasteiger partial charge >= 0.3 is 6.18 Å². The highest BCUT2D eigenvalue weighted by atomic mass is 32.2. The summed E-state index contributed by atoms with van der Waals surface area (Å²) >= 11 is 0. The van der Waals surface area contributed by atoms with Gasteiger partial charge in [-0.3, -0.25) is 4.79 Å². The summed E-state index contributed by atoms with van der Waals surface area (Å²) in [6.07, 6.45) is -1.92. The largest absolute Gasteiger partial charge is 0.416 e. The van der Waals surface area contributed by atoms with Gasteiger partial charge in [-0.15, -0.1) is 0 Å². The summed E-state index contributed by atoms with van der Waals surface area (Å²) in [5.41, 5.74) is -0.459. The second-order valence-corrected chi connectivity index (χ2v) is 9.92. The SMILES string of the molecule is Cn1cnc(S(=O)(=O)N2C[C@H](C(=O)Nc3cccc(C(F)(F)F)c3)[C@@H](c3ccc(F)cc3)C2)c1. The average molecular weight is 496 g/mol. The van der Waals surface area contributed by atoms with Gasteiger partial charge in [0.15, 0.2) is 5.03 Å². The third-order valence-corrected chi connectivity index (χ3v) is 7.38. The highest BCUT2D eigenvalue weighted by Gasteiger charge is 2.44. The minimum Gasteiger partial charge on any atom is -0.339 e. The molecule has 3 aromatic rings. The van der Waals surface area contributed by atoms with Crippen molar-refractivity contribution in [2.75, 3.05) is 18.4 Å². The van der Waals surface area contributed by atoms with Gasteiger partial charge in [-0.05, 0) is 35.9 Å². The van der Waals surface area contributed by atoms with Gasteiger partial charge in [-0.2, -0.15) is 17.5 Å². The van der Waals surface area contributed by atoms with Crippen molar-refractivity contribution in [2.45, 2.75) is 17.1 Å². The van der Waals surface area contributed by atoms with E-state index in [0.717, 1.165) is 16.4 Å². The zero-order chi connectivity index (χ0) is 24.7. The number of carbonyl (C=O) groups is 1. The third kappa shape index (κ3) is 4.82. The number of rotatable bonds is 5. The van der Waals surface area contributed by atoms with E-state index >= 15 is 0 Å². The zero-order valence-corrected chi connectivity index (χ0v) is 18.6. The molecule has 34 heavy (non-hydrogen) atoms. The normalized spacial score (nSPS) is 19.3. The van der Waals surface area contributed by atoms with Gasteiger partial charge in [0.25, 0.3) is 10.0 Å². The lowest BCUT2D eigenvalue weighted by atomic mass is 9.88. The number of carbonyl (C=O) groups excluding carboxylic acids is 1. The Hall–Kier alpha value is -3.25. The number of sulfonamides is 1.